The van der Waals surface area contributed by atoms with E-state index in [0.717, 1.165) is 12.0 Å². The Kier molecular flexibility index (Phi) is 8.82. The average Bonchev–Trinajstić information content (AvgIpc) is 2.83. The van der Waals surface area contributed by atoms with Crippen molar-refractivity contribution in [1.82, 2.24) is 4.90 Å². The summed E-state index contributed by atoms with van der Waals surface area (Å²) in [4.78, 5) is 27.0. The zero-order chi connectivity index (χ0) is 24.6. The lowest BCUT2D eigenvalue weighted by Gasteiger charge is -2.38. The molecule has 2 atom stereocenters. The van der Waals surface area contributed by atoms with E-state index in [1.54, 1.807) is 47.4 Å². The first-order chi connectivity index (χ1) is 16.3. The van der Waals surface area contributed by atoms with Crippen molar-refractivity contribution in [2.75, 3.05) is 0 Å². The second-order valence-electron chi connectivity index (χ2n) is 8.37. The predicted octanol–water partition coefficient (Wildman–Crippen LogP) is 5.46. The van der Waals surface area contributed by atoms with Gasteiger partial charge in [0.25, 0.3) is 0 Å². The van der Waals surface area contributed by atoms with Crippen molar-refractivity contribution in [1.29, 1.82) is 0 Å². The molecule has 0 radical (unpaired) electrons. The number of amides is 1. The van der Waals surface area contributed by atoms with Gasteiger partial charge in [0.15, 0.2) is 5.78 Å². The zero-order valence-electron chi connectivity index (χ0n) is 19.6. The predicted molar refractivity (Wildman–Crippen MR) is 132 cm³/mol. The van der Waals surface area contributed by atoms with Gasteiger partial charge in [-0.1, -0.05) is 61.5 Å². The molecule has 180 valence electrons. The molecule has 1 heterocycles. The maximum absolute atomic E-state index is 13.3. The van der Waals surface area contributed by atoms with E-state index in [9.17, 15) is 18.0 Å². The first-order valence-electron chi connectivity index (χ1n) is 11.5. The molecule has 3 rings (SSSR count). The molecule has 0 saturated carbocycles. The minimum atomic E-state index is -3.69. The number of hydrogen-bond acceptors (Lipinski definition) is 5. The van der Waals surface area contributed by atoms with Gasteiger partial charge < -0.3 is 4.74 Å². The lowest BCUT2D eigenvalue weighted by molar-refractivity contribution is -0.114. The average molecular weight is 482 g/mol. The first kappa shape index (κ1) is 25.4. The third kappa shape index (κ3) is 6.44. The quantitative estimate of drug-likeness (QED) is 0.444. The maximum Gasteiger partial charge on any atom is 0.410 e. The summed E-state index contributed by atoms with van der Waals surface area (Å²) in [6.45, 7) is 3.87. The molecule has 1 amide bonds. The van der Waals surface area contributed by atoms with Crippen molar-refractivity contribution in [3.05, 3.63) is 89.4 Å². The molecular formula is C27H31NO5S. The number of allylic oxidation sites excluding steroid dienone is 1. The highest BCUT2D eigenvalue weighted by Crippen LogP contribution is 2.32. The van der Waals surface area contributed by atoms with Crippen LogP contribution in [-0.4, -0.2) is 37.3 Å². The Labute approximate surface area is 201 Å². The van der Waals surface area contributed by atoms with Crippen LogP contribution < -0.4 is 0 Å². The van der Waals surface area contributed by atoms with E-state index in [-0.39, 0.29) is 28.6 Å². The molecule has 0 saturated heterocycles. The highest BCUT2D eigenvalue weighted by Gasteiger charge is 2.36. The Balaban J connectivity index is 1.86. The van der Waals surface area contributed by atoms with Crippen molar-refractivity contribution >= 4 is 21.7 Å². The number of hydrogen-bond donors (Lipinski definition) is 0. The molecule has 6 nitrogen and oxygen atoms in total. The van der Waals surface area contributed by atoms with Crippen LogP contribution in [0.3, 0.4) is 0 Å². The highest BCUT2D eigenvalue weighted by molar-refractivity contribution is 7.95. The van der Waals surface area contributed by atoms with Gasteiger partial charge >= 0.3 is 6.09 Å². The van der Waals surface area contributed by atoms with E-state index >= 15 is 0 Å². The lowest BCUT2D eigenvalue weighted by Crippen LogP contribution is -2.48. The van der Waals surface area contributed by atoms with Crippen LogP contribution in [0.15, 0.2) is 88.7 Å². The van der Waals surface area contributed by atoms with Crippen LogP contribution in [0.2, 0.25) is 0 Å². The van der Waals surface area contributed by atoms with Gasteiger partial charge in [-0.15, -0.1) is 0 Å². The summed E-state index contributed by atoms with van der Waals surface area (Å²) in [6.07, 6.45) is 6.03. The summed E-state index contributed by atoms with van der Waals surface area (Å²) in [7, 11) is -3.69. The second kappa shape index (κ2) is 11.8. The Morgan fingerprint density at radius 2 is 1.71 bits per heavy atom. The van der Waals surface area contributed by atoms with E-state index in [4.69, 9.17) is 4.74 Å². The van der Waals surface area contributed by atoms with Crippen LogP contribution in [0, 0.1) is 0 Å². The number of ether oxygens (including phenoxy) is 1. The summed E-state index contributed by atoms with van der Waals surface area (Å²) in [5.41, 5.74) is 0.866. The minimum absolute atomic E-state index is 0.00525. The van der Waals surface area contributed by atoms with Crippen molar-refractivity contribution in [2.45, 2.75) is 63.1 Å². The number of benzene rings is 2. The molecule has 1 aliphatic heterocycles. The fourth-order valence-corrected chi connectivity index (χ4v) is 5.60. The Hall–Kier alpha value is -3.19. The zero-order valence-corrected chi connectivity index (χ0v) is 20.4. The SMILES string of the molecule is CCCC(=O)/C=C/C[C@@H]1C=C(S(=O)(=O)c2ccccc2)C[C@H](C)N1C(=O)OCc1ccccc1. The summed E-state index contributed by atoms with van der Waals surface area (Å²) >= 11 is 0. The van der Waals surface area contributed by atoms with Crippen molar-refractivity contribution in [3.8, 4) is 0 Å². The highest BCUT2D eigenvalue weighted by atomic mass is 32.2. The Morgan fingerprint density at radius 3 is 2.35 bits per heavy atom. The molecule has 2 aromatic carbocycles. The summed E-state index contributed by atoms with van der Waals surface area (Å²) in [5.74, 6) is 0.00525. The smallest absolute Gasteiger partial charge is 0.410 e. The van der Waals surface area contributed by atoms with Crippen molar-refractivity contribution in [2.24, 2.45) is 0 Å². The molecule has 0 unspecified atom stereocenters. The normalized spacial score (nSPS) is 18.5. The van der Waals surface area contributed by atoms with Crippen LogP contribution >= 0.6 is 0 Å². The van der Waals surface area contributed by atoms with E-state index in [1.807, 2.05) is 44.2 Å². The number of carbonyl (C=O) groups is 2. The fraction of sp³-hybridized carbons (Fsp3) is 0.333. The van der Waals surface area contributed by atoms with Gasteiger partial charge in [-0.3, -0.25) is 9.69 Å². The van der Waals surface area contributed by atoms with Crippen LogP contribution in [0.4, 0.5) is 4.79 Å². The first-order valence-corrected chi connectivity index (χ1v) is 13.0. The molecule has 0 aromatic heterocycles. The number of nitrogens with zero attached hydrogens (tertiary/aromatic N) is 1. The lowest BCUT2D eigenvalue weighted by atomic mass is 10.0. The number of sulfone groups is 1. The maximum atomic E-state index is 13.3. The summed E-state index contributed by atoms with van der Waals surface area (Å²) < 4.78 is 32.1. The van der Waals surface area contributed by atoms with Gasteiger partial charge in [-0.2, -0.15) is 0 Å². The fourth-order valence-electron chi connectivity index (χ4n) is 3.99. The Bertz CT molecular complexity index is 1140. The van der Waals surface area contributed by atoms with Crippen molar-refractivity contribution < 1.29 is 22.7 Å². The molecule has 0 fully saturated rings. The minimum Gasteiger partial charge on any atom is -0.445 e. The van der Waals surface area contributed by atoms with Crippen LogP contribution in [-0.2, 0) is 26.0 Å². The van der Waals surface area contributed by atoms with E-state index in [0.29, 0.717) is 12.8 Å². The molecule has 0 N–H and O–H groups in total. The Morgan fingerprint density at radius 1 is 1.06 bits per heavy atom. The molecule has 0 spiro atoms. The summed E-state index contributed by atoms with van der Waals surface area (Å²) in [6, 6.07) is 16.7. The third-order valence-corrected chi connectivity index (χ3v) is 7.59. The van der Waals surface area contributed by atoms with E-state index < -0.39 is 28.0 Å². The number of rotatable bonds is 9. The molecule has 34 heavy (non-hydrogen) atoms. The van der Waals surface area contributed by atoms with E-state index in [2.05, 4.69) is 0 Å². The molecule has 0 aliphatic carbocycles. The summed E-state index contributed by atoms with van der Waals surface area (Å²) in [5, 5.41) is 0. The van der Waals surface area contributed by atoms with Gasteiger partial charge in [0, 0.05) is 23.8 Å². The molecule has 2 aromatic rings. The van der Waals surface area contributed by atoms with Gasteiger partial charge in [-0.05, 0) is 49.6 Å². The number of ketones is 1. The van der Waals surface area contributed by atoms with Gasteiger partial charge in [0.1, 0.15) is 6.61 Å². The van der Waals surface area contributed by atoms with Crippen LogP contribution in [0.25, 0.3) is 0 Å². The van der Waals surface area contributed by atoms with Gasteiger partial charge in [0.2, 0.25) is 9.84 Å². The molecule has 7 heteroatoms. The molecule has 0 bridgehead atoms. The second-order valence-corrected chi connectivity index (χ2v) is 10.4. The molecular weight excluding hydrogens is 450 g/mol. The monoisotopic (exact) mass is 481 g/mol. The molecule has 1 aliphatic rings. The third-order valence-electron chi connectivity index (χ3n) is 5.70. The van der Waals surface area contributed by atoms with Crippen molar-refractivity contribution in [3.63, 3.8) is 0 Å². The van der Waals surface area contributed by atoms with Gasteiger partial charge in [-0.25, -0.2) is 13.2 Å². The van der Waals surface area contributed by atoms with Crippen LogP contribution in [0.5, 0.6) is 0 Å². The topological polar surface area (TPSA) is 80.8 Å². The van der Waals surface area contributed by atoms with Crippen LogP contribution in [0.1, 0.15) is 45.1 Å². The standard InChI is InChI=1S/C27H31NO5S/c1-3-11-24(29)15-10-14-23-19-26(34(31,32)25-16-8-5-9-17-25)18-21(2)28(23)27(30)33-20-22-12-6-4-7-13-22/h4-10,12-13,15-17,19,21,23H,3,11,14,18,20H2,1-2H3/b15-10+/t21-,23+/m0/s1. The van der Waals surface area contributed by atoms with E-state index in [1.165, 1.54) is 6.08 Å². The van der Waals surface area contributed by atoms with Gasteiger partial charge in [0.05, 0.1) is 10.9 Å². The largest absolute Gasteiger partial charge is 0.445 e. The number of carbonyl (C=O) groups excluding carboxylic acids is 2.